The van der Waals surface area contributed by atoms with Crippen LogP contribution in [-0.2, 0) is 19.1 Å². The van der Waals surface area contributed by atoms with E-state index in [-0.39, 0.29) is 0 Å². The molecule has 0 atom stereocenters. The summed E-state index contributed by atoms with van der Waals surface area (Å²) in [5, 5.41) is 0. The Kier molecular flexibility index (Phi) is 4.76. The van der Waals surface area contributed by atoms with Crippen molar-refractivity contribution in [2.45, 2.75) is 45.8 Å². The average Bonchev–Trinajstić information content (AvgIpc) is 2.84. The van der Waals surface area contributed by atoms with Crippen LogP contribution >= 0.6 is 0 Å². The molecule has 1 aromatic heterocycles. The minimum absolute atomic E-state index is 0.380. The summed E-state index contributed by atoms with van der Waals surface area (Å²) >= 11 is 0. The minimum atomic E-state index is -4.30. The van der Waals surface area contributed by atoms with E-state index in [9.17, 15) is 13.2 Å². The minimum Gasteiger partial charge on any atom is -0.344 e. The second-order valence-electron chi connectivity index (χ2n) is 5.11. The molecule has 0 aliphatic rings. The molecule has 0 spiro atoms. The van der Waals surface area contributed by atoms with Crippen molar-refractivity contribution in [2.24, 2.45) is 0 Å². The summed E-state index contributed by atoms with van der Waals surface area (Å²) in [5.74, 6) is 0. The first-order valence-electron chi connectivity index (χ1n) is 7.34. The Morgan fingerprint density at radius 1 is 1.05 bits per heavy atom. The fraction of sp³-hybridized carbons (Fsp3) is 0.412. The first kappa shape index (κ1) is 15.7. The smallest absolute Gasteiger partial charge is 0.344 e. The summed E-state index contributed by atoms with van der Waals surface area (Å²) in [5.41, 5.74) is 1.38. The molecule has 0 amide bonds. The van der Waals surface area contributed by atoms with E-state index in [4.69, 9.17) is 0 Å². The highest BCUT2D eigenvalue weighted by molar-refractivity contribution is 5.63. The van der Waals surface area contributed by atoms with E-state index >= 15 is 0 Å². The number of unbranched alkanes of at least 4 members (excludes halogenated alkanes) is 1. The Hall–Kier alpha value is -1.71. The highest BCUT2D eigenvalue weighted by Gasteiger charge is 2.36. The lowest BCUT2D eigenvalue weighted by atomic mass is 10.1. The molecule has 0 aliphatic carbocycles. The number of rotatable bonds is 5. The zero-order valence-electron chi connectivity index (χ0n) is 12.4. The maximum atomic E-state index is 13.3. The predicted octanol–water partition coefficient (Wildman–Crippen LogP) is 5.54. The highest BCUT2D eigenvalue weighted by atomic mass is 19.4. The molecule has 21 heavy (non-hydrogen) atoms. The molecule has 0 aliphatic heterocycles. The maximum absolute atomic E-state index is 13.3. The molecule has 0 bridgehead atoms. The average molecular weight is 295 g/mol. The van der Waals surface area contributed by atoms with Gasteiger partial charge in [0, 0.05) is 17.9 Å². The zero-order valence-corrected chi connectivity index (χ0v) is 12.4. The number of halogens is 3. The Bertz CT molecular complexity index is 582. The van der Waals surface area contributed by atoms with Gasteiger partial charge in [0.25, 0.3) is 0 Å². The third-order valence-corrected chi connectivity index (χ3v) is 3.65. The van der Waals surface area contributed by atoms with Crippen molar-refractivity contribution in [1.29, 1.82) is 0 Å². The van der Waals surface area contributed by atoms with Crippen LogP contribution in [-0.4, -0.2) is 4.57 Å². The molecule has 0 saturated carbocycles. The fourth-order valence-corrected chi connectivity index (χ4v) is 2.64. The largest absolute Gasteiger partial charge is 0.418 e. The third kappa shape index (κ3) is 3.31. The van der Waals surface area contributed by atoms with Gasteiger partial charge in [0.2, 0.25) is 0 Å². The zero-order chi connectivity index (χ0) is 15.5. The number of hydrogen-bond acceptors (Lipinski definition) is 0. The van der Waals surface area contributed by atoms with Gasteiger partial charge in [0.05, 0.1) is 5.56 Å². The van der Waals surface area contributed by atoms with Gasteiger partial charge in [-0.1, -0.05) is 50.6 Å². The summed E-state index contributed by atoms with van der Waals surface area (Å²) in [4.78, 5) is 0. The van der Waals surface area contributed by atoms with Gasteiger partial charge in [-0.25, -0.2) is 0 Å². The standard InChI is InChI=1S/C17H20F3N/c1-3-5-11-21-15(4-2)14(17(18,19)20)12-16(21)13-9-7-6-8-10-13/h6-10,12H,3-5,11H2,1-2H3. The summed E-state index contributed by atoms with van der Waals surface area (Å²) < 4.78 is 41.6. The lowest BCUT2D eigenvalue weighted by molar-refractivity contribution is -0.138. The van der Waals surface area contributed by atoms with E-state index in [1.54, 1.807) is 6.92 Å². The summed E-state index contributed by atoms with van der Waals surface area (Å²) in [7, 11) is 0. The number of hydrogen-bond donors (Lipinski definition) is 0. The van der Waals surface area contributed by atoms with E-state index in [1.165, 1.54) is 6.07 Å². The molecule has 0 saturated heterocycles. The molecule has 1 aromatic carbocycles. The Morgan fingerprint density at radius 3 is 2.24 bits per heavy atom. The van der Waals surface area contributed by atoms with E-state index in [2.05, 4.69) is 0 Å². The molecule has 0 radical (unpaired) electrons. The normalized spacial score (nSPS) is 11.9. The van der Waals surface area contributed by atoms with Gasteiger partial charge in [0.1, 0.15) is 0 Å². The summed E-state index contributed by atoms with van der Waals surface area (Å²) in [6.07, 6.45) is -2.09. The monoisotopic (exact) mass is 295 g/mol. The molecular formula is C17H20F3N. The molecule has 4 heteroatoms. The van der Waals surface area contributed by atoms with Crippen molar-refractivity contribution in [1.82, 2.24) is 4.57 Å². The van der Waals surface area contributed by atoms with Crippen LogP contribution in [0.5, 0.6) is 0 Å². The number of alkyl halides is 3. The van der Waals surface area contributed by atoms with Gasteiger partial charge in [-0.3, -0.25) is 0 Å². The first-order chi connectivity index (χ1) is 9.99. The van der Waals surface area contributed by atoms with Crippen molar-refractivity contribution < 1.29 is 13.2 Å². The van der Waals surface area contributed by atoms with Crippen LogP contribution in [0.25, 0.3) is 11.3 Å². The van der Waals surface area contributed by atoms with Crippen molar-refractivity contribution in [3.8, 4) is 11.3 Å². The second-order valence-corrected chi connectivity index (χ2v) is 5.11. The van der Waals surface area contributed by atoms with Gasteiger partial charge in [-0.05, 0) is 24.5 Å². The molecule has 0 fully saturated rings. The Balaban J connectivity index is 2.60. The van der Waals surface area contributed by atoms with Crippen LogP contribution in [0.3, 0.4) is 0 Å². The van der Waals surface area contributed by atoms with Crippen LogP contribution in [0, 0.1) is 0 Å². The fourth-order valence-electron chi connectivity index (χ4n) is 2.64. The van der Waals surface area contributed by atoms with E-state index in [1.807, 2.05) is 41.8 Å². The lowest BCUT2D eigenvalue weighted by Crippen LogP contribution is -2.10. The predicted molar refractivity (Wildman–Crippen MR) is 79.2 cm³/mol. The molecule has 0 unspecified atom stereocenters. The van der Waals surface area contributed by atoms with E-state index in [0.29, 0.717) is 24.4 Å². The molecule has 1 nitrogen and oxygen atoms in total. The SMILES string of the molecule is CCCCn1c(-c2ccccc2)cc(C(F)(F)F)c1CC. The van der Waals surface area contributed by atoms with Crippen LogP contribution in [0.4, 0.5) is 13.2 Å². The van der Waals surface area contributed by atoms with Crippen molar-refractivity contribution in [2.75, 3.05) is 0 Å². The summed E-state index contributed by atoms with van der Waals surface area (Å²) in [6, 6.07) is 10.6. The molecule has 114 valence electrons. The van der Waals surface area contributed by atoms with E-state index < -0.39 is 11.7 Å². The quantitative estimate of drug-likeness (QED) is 0.683. The molecule has 2 aromatic rings. The summed E-state index contributed by atoms with van der Waals surface area (Å²) in [6.45, 7) is 4.45. The number of benzene rings is 1. The molecule has 2 rings (SSSR count). The molecule has 1 heterocycles. The van der Waals surface area contributed by atoms with Crippen LogP contribution < -0.4 is 0 Å². The van der Waals surface area contributed by atoms with Gasteiger partial charge in [0.15, 0.2) is 0 Å². The van der Waals surface area contributed by atoms with Crippen molar-refractivity contribution in [3.63, 3.8) is 0 Å². The Labute approximate surface area is 123 Å². The van der Waals surface area contributed by atoms with Crippen molar-refractivity contribution >= 4 is 0 Å². The number of nitrogens with zero attached hydrogens (tertiary/aromatic N) is 1. The van der Waals surface area contributed by atoms with Crippen LogP contribution in [0.1, 0.15) is 37.9 Å². The molecule has 0 N–H and O–H groups in total. The van der Waals surface area contributed by atoms with Crippen LogP contribution in [0.15, 0.2) is 36.4 Å². The molecular weight excluding hydrogens is 275 g/mol. The Morgan fingerprint density at radius 2 is 1.71 bits per heavy atom. The first-order valence-corrected chi connectivity index (χ1v) is 7.34. The number of aromatic nitrogens is 1. The van der Waals surface area contributed by atoms with Crippen LogP contribution in [0.2, 0.25) is 0 Å². The topological polar surface area (TPSA) is 4.93 Å². The van der Waals surface area contributed by atoms with Gasteiger partial charge < -0.3 is 4.57 Å². The lowest BCUT2D eigenvalue weighted by Gasteiger charge is -2.14. The van der Waals surface area contributed by atoms with Crippen molar-refractivity contribution in [3.05, 3.63) is 47.7 Å². The van der Waals surface area contributed by atoms with Gasteiger partial charge in [-0.2, -0.15) is 13.2 Å². The highest BCUT2D eigenvalue weighted by Crippen LogP contribution is 2.37. The maximum Gasteiger partial charge on any atom is 0.418 e. The van der Waals surface area contributed by atoms with Gasteiger partial charge >= 0.3 is 6.18 Å². The third-order valence-electron chi connectivity index (χ3n) is 3.65. The van der Waals surface area contributed by atoms with Gasteiger partial charge in [-0.15, -0.1) is 0 Å². The second kappa shape index (κ2) is 6.37. The van der Waals surface area contributed by atoms with E-state index in [0.717, 1.165) is 18.4 Å².